The maximum Gasteiger partial charge on any atom is 0.0647 e. The first-order valence-electron chi connectivity index (χ1n) is 6.71. The number of ether oxygens (including phenoxy) is 1. The Kier molecular flexibility index (Phi) is 4.93. The van der Waals surface area contributed by atoms with Crippen LogP contribution in [0.3, 0.4) is 0 Å². The third-order valence-electron chi connectivity index (χ3n) is 3.11. The summed E-state index contributed by atoms with van der Waals surface area (Å²) in [6, 6.07) is 14.9. The van der Waals surface area contributed by atoms with Crippen LogP contribution in [0.1, 0.15) is 18.9 Å². The molecule has 0 spiro atoms. The second kappa shape index (κ2) is 6.91. The number of rotatable bonds is 6. The van der Waals surface area contributed by atoms with Crippen molar-refractivity contribution in [2.24, 2.45) is 0 Å². The molecule has 0 aliphatic carbocycles. The van der Waals surface area contributed by atoms with Gasteiger partial charge in [-0.2, -0.15) is 0 Å². The molecule has 0 unspecified atom stereocenters. The van der Waals surface area contributed by atoms with Gasteiger partial charge in [-0.05, 0) is 41.3 Å². The zero-order valence-corrected chi connectivity index (χ0v) is 11.4. The molecule has 0 heterocycles. The minimum atomic E-state index is 0.682. The van der Waals surface area contributed by atoms with Gasteiger partial charge in [0.15, 0.2) is 0 Å². The Morgan fingerprint density at radius 1 is 1.11 bits per heavy atom. The molecule has 0 amide bonds. The zero-order chi connectivity index (χ0) is 13.5. The van der Waals surface area contributed by atoms with Gasteiger partial charge in [0.05, 0.1) is 6.61 Å². The van der Waals surface area contributed by atoms with Gasteiger partial charge >= 0.3 is 0 Å². The molecule has 0 saturated carbocycles. The van der Waals surface area contributed by atoms with Crippen molar-refractivity contribution in [3.8, 4) is 0 Å². The normalized spacial score (nSPS) is 11.2. The summed E-state index contributed by atoms with van der Waals surface area (Å²) in [5, 5.41) is 2.53. The van der Waals surface area contributed by atoms with Crippen molar-refractivity contribution in [1.29, 1.82) is 0 Å². The van der Waals surface area contributed by atoms with Gasteiger partial charge < -0.3 is 4.74 Å². The van der Waals surface area contributed by atoms with E-state index in [1.807, 2.05) is 6.92 Å². The van der Waals surface area contributed by atoms with Crippen molar-refractivity contribution in [1.82, 2.24) is 0 Å². The molecule has 0 aliphatic rings. The van der Waals surface area contributed by atoms with E-state index in [-0.39, 0.29) is 0 Å². The summed E-state index contributed by atoms with van der Waals surface area (Å²) in [5.41, 5.74) is 2.35. The van der Waals surface area contributed by atoms with Crippen molar-refractivity contribution in [2.45, 2.75) is 13.3 Å². The van der Waals surface area contributed by atoms with Gasteiger partial charge in [0.1, 0.15) is 0 Å². The lowest BCUT2D eigenvalue weighted by atomic mass is 10.0. The summed E-state index contributed by atoms with van der Waals surface area (Å²) >= 11 is 0. The highest BCUT2D eigenvalue weighted by molar-refractivity contribution is 5.86. The highest BCUT2D eigenvalue weighted by atomic mass is 16.5. The number of hydrogen-bond donors (Lipinski definition) is 0. The van der Waals surface area contributed by atoms with Crippen LogP contribution in [0.2, 0.25) is 0 Å². The van der Waals surface area contributed by atoms with E-state index in [2.05, 4.69) is 61.2 Å². The molecule has 0 atom stereocenters. The average Bonchev–Trinajstić information content (AvgIpc) is 2.46. The first-order chi connectivity index (χ1) is 9.31. The molecule has 2 aromatic carbocycles. The van der Waals surface area contributed by atoms with Gasteiger partial charge in [0.25, 0.3) is 0 Å². The highest BCUT2D eigenvalue weighted by Crippen LogP contribution is 2.22. The Bertz CT molecular complexity index is 581. The van der Waals surface area contributed by atoms with E-state index < -0.39 is 0 Å². The second-order valence-electron chi connectivity index (χ2n) is 4.50. The topological polar surface area (TPSA) is 9.23 Å². The lowest BCUT2D eigenvalue weighted by molar-refractivity contribution is 0.177. The standard InChI is InChI=1S/C18H20O/c1-3-19-13-7-6-8-15(2)17-12-11-16-9-4-5-10-18(16)14-17/h4-7,9-12,14H,2-3,8,13H2,1H3/b7-6+. The van der Waals surface area contributed by atoms with E-state index in [9.17, 15) is 0 Å². The molecule has 0 fully saturated rings. The lowest BCUT2D eigenvalue weighted by Gasteiger charge is -2.05. The molecule has 0 bridgehead atoms. The number of hydrogen-bond acceptors (Lipinski definition) is 1. The van der Waals surface area contributed by atoms with Gasteiger partial charge in [0, 0.05) is 6.61 Å². The molecule has 1 heteroatoms. The first kappa shape index (κ1) is 13.6. The molecular weight excluding hydrogens is 232 g/mol. The van der Waals surface area contributed by atoms with Gasteiger partial charge in [-0.1, -0.05) is 55.1 Å². The van der Waals surface area contributed by atoms with Crippen LogP contribution in [0.15, 0.2) is 61.2 Å². The Hall–Kier alpha value is -1.86. The van der Waals surface area contributed by atoms with Gasteiger partial charge in [-0.15, -0.1) is 0 Å². The Balaban J connectivity index is 2.03. The summed E-state index contributed by atoms with van der Waals surface area (Å²) in [5.74, 6) is 0. The van der Waals surface area contributed by atoms with Crippen molar-refractivity contribution in [3.63, 3.8) is 0 Å². The summed E-state index contributed by atoms with van der Waals surface area (Å²) < 4.78 is 5.26. The van der Waals surface area contributed by atoms with Crippen LogP contribution < -0.4 is 0 Å². The Labute approximate surface area is 115 Å². The minimum absolute atomic E-state index is 0.682. The molecule has 0 saturated heterocycles. The second-order valence-corrected chi connectivity index (χ2v) is 4.50. The lowest BCUT2D eigenvalue weighted by Crippen LogP contribution is -1.88. The van der Waals surface area contributed by atoms with E-state index in [0.717, 1.165) is 18.6 Å². The molecule has 2 aromatic rings. The molecule has 98 valence electrons. The van der Waals surface area contributed by atoms with E-state index >= 15 is 0 Å². The first-order valence-corrected chi connectivity index (χ1v) is 6.71. The van der Waals surface area contributed by atoms with Crippen LogP contribution in [-0.2, 0) is 4.74 Å². The molecule has 0 N–H and O–H groups in total. The molecule has 19 heavy (non-hydrogen) atoms. The van der Waals surface area contributed by atoms with Crippen molar-refractivity contribution >= 4 is 16.3 Å². The summed E-state index contributed by atoms with van der Waals surface area (Å²) in [6.45, 7) is 7.60. The average molecular weight is 252 g/mol. The number of allylic oxidation sites excluding steroid dienone is 2. The van der Waals surface area contributed by atoms with E-state index in [1.165, 1.54) is 16.3 Å². The van der Waals surface area contributed by atoms with Crippen LogP contribution >= 0.6 is 0 Å². The summed E-state index contributed by atoms with van der Waals surface area (Å²) in [4.78, 5) is 0. The monoisotopic (exact) mass is 252 g/mol. The van der Waals surface area contributed by atoms with Crippen LogP contribution in [-0.4, -0.2) is 13.2 Å². The molecule has 2 rings (SSSR count). The highest BCUT2D eigenvalue weighted by Gasteiger charge is 1.99. The van der Waals surface area contributed by atoms with Crippen LogP contribution in [0.25, 0.3) is 16.3 Å². The fraction of sp³-hybridized carbons (Fsp3) is 0.222. The predicted molar refractivity (Wildman–Crippen MR) is 83.2 cm³/mol. The van der Waals surface area contributed by atoms with Crippen LogP contribution in [0, 0.1) is 0 Å². The smallest absolute Gasteiger partial charge is 0.0647 e. The minimum Gasteiger partial charge on any atom is -0.378 e. The van der Waals surface area contributed by atoms with Gasteiger partial charge in [-0.3, -0.25) is 0 Å². The summed E-state index contributed by atoms with van der Waals surface area (Å²) in [7, 11) is 0. The van der Waals surface area contributed by atoms with Gasteiger partial charge in [-0.25, -0.2) is 0 Å². The maximum atomic E-state index is 5.26. The van der Waals surface area contributed by atoms with Crippen molar-refractivity contribution < 1.29 is 4.74 Å². The van der Waals surface area contributed by atoms with E-state index in [1.54, 1.807) is 0 Å². The number of benzene rings is 2. The third kappa shape index (κ3) is 3.80. The molecule has 0 aromatic heterocycles. The number of fused-ring (bicyclic) bond motifs is 1. The van der Waals surface area contributed by atoms with Crippen LogP contribution in [0.4, 0.5) is 0 Å². The fourth-order valence-electron chi connectivity index (χ4n) is 2.01. The molecule has 1 nitrogen and oxygen atoms in total. The van der Waals surface area contributed by atoms with E-state index in [0.29, 0.717) is 6.61 Å². The van der Waals surface area contributed by atoms with Crippen molar-refractivity contribution in [2.75, 3.05) is 13.2 Å². The zero-order valence-electron chi connectivity index (χ0n) is 11.4. The largest absolute Gasteiger partial charge is 0.378 e. The quantitative estimate of drug-likeness (QED) is 0.528. The predicted octanol–water partition coefficient (Wildman–Crippen LogP) is 4.84. The molecule has 0 radical (unpaired) electrons. The third-order valence-corrected chi connectivity index (χ3v) is 3.11. The maximum absolute atomic E-state index is 5.26. The van der Waals surface area contributed by atoms with E-state index in [4.69, 9.17) is 4.74 Å². The Morgan fingerprint density at radius 2 is 1.89 bits per heavy atom. The molecule has 0 aliphatic heterocycles. The fourth-order valence-corrected chi connectivity index (χ4v) is 2.01. The van der Waals surface area contributed by atoms with Gasteiger partial charge in [0.2, 0.25) is 0 Å². The van der Waals surface area contributed by atoms with Crippen molar-refractivity contribution in [3.05, 3.63) is 66.8 Å². The molecular formula is C18H20O. The Morgan fingerprint density at radius 3 is 2.68 bits per heavy atom. The van der Waals surface area contributed by atoms with Crippen LogP contribution in [0.5, 0.6) is 0 Å². The SMILES string of the molecule is C=C(C/C=C/COCC)c1ccc2ccccc2c1. The summed E-state index contributed by atoms with van der Waals surface area (Å²) in [6.07, 6.45) is 5.04.